The van der Waals surface area contributed by atoms with Gasteiger partial charge in [-0.25, -0.2) is 0 Å². The summed E-state index contributed by atoms with van der Waals surface area (Å²) in [4.78, 5) is 10.7. The molecule has 11 heavy (non-hydrogen) atoms. The van der Waals surface area contributed by atoms with E-state index in [0.717, 1.165) is 0 Å². The van der Waals surface area contributed by atoms with Crippen molar-refractivity contribution in [1.82, 2.24) is 5.32 Å². The van der Waals surface area contributed by atoms with E-state index in [0.29, 0.717) is 13.0 Å². The Hall–Kier alpha value is -1.08. The minimum atomic E-state index is -0.326. The molecule has 0 heterocycles. The average Bonchev–Trinajstić information content (AvgIpc) is 2.03. The molecule has 0 aliphatic heterocycles. The van der Waals surface area contributed by atoms with Crippen molar-refractivity contribution < 1.29 is 9.53 Å². The summed E-state index contributed by atoms with van der Waals surface area (Å²) in [5.41, 5.74) is 0. The molecule has 0 aromatic carbocycles. The van der Waals surface area contributed by atoms with Crippen molar-refractivity contribution in [2.45, 2.75) is 19.4 Å². The van der Waals surface area contributed by atoms with Gasteiger partial charge in [0.25, 0.3) is 0 Å². The standard InChI is InChI=1S/C7H12N2O2/c1-6(7(10)11-2)9-5-3-4-8/h6,9H,3,5H2,1-2H3/t6-/m1/s1. The molecule has 0 spiro atoms. The zero-order valence-electron chi connectivity index (χ0n) is 6.76. The van der Waals surface area contributed by atoms with Crippen molar-refractivity contribution in [3.63, 3.8) is 0 Å². The van der Waals surface area contributed by atoms with E-state index in [1.807, 2.05) is 6.07 Å². The number of methoxy groups -OCH3 is 1. The largest absolute Gasteiger partial charge is 0.468 e. The molecule has 0 aromatic heterocycles. The van der Waals surface area contributed by atoms with Gasteiger partial charge in [0, 0.05) is 13.0 Å². The molecule has 0 fully saturated rings. The molecule has 0 aliphatic carbocycles. The van der Waals surface area contributed by atoms with Crippen LogP contribution in [-0.4, -0.2) is 25.7 Å². The lowest BCUT2D eigenvalue weighted by Crippen LogP contribution is -2.35. The van der Waals surface area contributed by atoms with Crippen LogP contribution in [0.2, 0.25) is 0 Å². The zero-order chi connectivity index (χ0) is 8.69. The van der Waals surface area contributed by atoms with E-state index >= 15 is 0 Å². The topological polar surface area (TPSA) is 62.1 Å². The molecule has 1 N–H and O–H groups in total. The summed E-state index contributed by atoms with van der Waals surface area (Å²) in [5.74, 6) is -0.303. The predicted octanol–water partition coefficient (Wildman–Crippen LogP) is 0.0512. The van der Waals surface area contributed by atoms with Gasteiger partial charge in [-0.15, -0.1) is 0 Å². The number of ether oxygens (including phenoxy) is 1. The summed E-state index contributed by atoms with van der Waals surface area (Å²) < 4.78 is 4.46. The smallest absolute Gasteiger partial charge is 0.322 e. The van der Waals surface area contributed by atoms with Gasteiger partial charge in [-0.1, -0.05) is 0 Å². The Kier molecular flexibility index (Phi) is 5.13. The molecule has 0 saturated heterocycles. The summed E-state index contributed by atoms with van der Waals surface area (Å²) in [6.45, 7) is 2.22. The quantitative estimate of drug-likeness (QED) is 0.461. The minimum Gasteiger partial charge on any atom is -0.468 e. The van der Waals surface area contributed by atoms with Crippen LogP contribution in [0, 0.1) is 11.3 Å². The monoisotopic (exact) mass is 156 g/mol. The number of carbonyl (C=O) groups is 1. The third kappa shape index (κ3) is 4.34. The lowest BCUT2D eigenvalue weighted by atomic mass is 10.3. The van der Waals surface area contributed by atoms with E-state index in [-0.39, 0.29) is 12.0 Å². The van der Waals surface area contributed by atoms with Crippen LogP contribution < -0.4 is 5.32 Å². The molecule has 1 atom stereocenters. The fourth-order valence-corrected chi connectivity index (χ4v) is 0.605. The van der Waals surface area contributed by atoms with Gasteiger partial charge in [-0.3, -0.25) is 4.79 Å². The Morgan fingerprint density at radius 3 is 2.91 bits per heavy atom. The number of nitriles is 1. The van der Waals surface area contributed by atoms with E-state index in [9.17, 15) is 4.79 Å². The molecule has 4 nitrogen and oxygen atoms in total. The Bertz CT molecular complexity index is 162. The second-order valence-electron chi connectivity index (χ2n) is 2.11. The number of esters is 1. The van der Waals surface area contributed by atoms with Crippen molar-refractivity contribution in [3.05, 3.63) is 0 Å². The van der Waals surface area contributed by atoms with Crippen LogP contribution in [-0.2, 0) is 9.53 Å². The van der Waals surface area contributed by atoms with Crippen LogP contribution in [0.3, 0.4) is 0 Å². The molecule has 0 radical (unpaired) electrons. The summed E-state index contributed by atoms with van der Waals surface area (Å²) in [7, 11) is 1.34. The van der Waals surface area contributed by atoms with Crippen molar-refractivity contribution >= 4 is 5.97 Å². The Balaban J connectivity index is 3.45. The highest BCUT2D eigenvalue weighted by atomic mass is 16.5. The second-order valence-corrected chi connectivity index (χ2v) is 2.11. The highest BCUT2D eigenvalue weighted by Gasteiger charge is 2.10. The molecule has 0 rings (SSSR count). The van der Waals surface area contributed by atoms with E-state index in [1.165, 1.54) is 7.11 Å². The van der Waals surface area contributed by atoms with Gasteiger partial charge in [-0.05, 0) is 6.92 Å². The Labute approximate surface area is 66.1 Å². The van der Waals surface area contributed by atoms with E-state index in [1.54, 1.807) is 6.92 Å². The van der Waals surface area contributed by atoms with Crippen molar-refractivity contribution in [2.75, 3.05) is 13.7 Å². The lowest BCUT2D eigenvalue weighted by Gasteiger charge is -2.08. The van der Waals surface area contributed by atoms with Crippen LogP contribution >= 0.6 is 0 Å². The molecule has 0 saturated carbocycles. The first-order valence-corrected chi connectivity index (χ1v) is 3.40. The fourth-order valence-electron chi connectivity index (χ4n) is 0.605. The van der Waals surface area contributed by atoms with Crippen molar-refractivity contribution in [3.8, 4) is 6.07 Å². The molecular formula is C7H12N2O2. The van der Waals surface area contributed by atoms with Crippen molar-refractivity contribution in [2.24, 2.45) is 0 Å². The van der Waals surface area contributed by atoms with Crippen LogP contribution in [0.15, 0.2) is 0 Å². The van der Waals surface area contributed by atoms with E-state index in [2.05, 4.69) is 10.1 Å². The number of nitrogens with zero attached hydrogens (tertiary/aromatic N) is 1. The lowest BCUT2D eigenvalue weighted by molar-refractivity contribution is -0.142. The molecule has 0 amide bonds. The summed E-state index contributed by atoms with van der Waals surface area (Å²) in [6.07, 6.45) is 0.404. The van der Waals surface area contributed by atoms with Gasteiger partial charge in [-0.2, -0.15) is 5.26 Å². The number of carbonyl (C=O) groups excluding carboxylic acids is 1. The predicted molar refractivity (Wildman–Crippen MR) is 39.7 cm³/mol. The summed E-state index contributed by atoms with van der Waals surface area (Å²) in [6, 6.07) is 1.64. The maximum absolute atomic E-state index is 10.7. The third-order valence-electron chi connectivity index (χ3n) is 1.24. The first-order valence-electron chi connectivity index (χ1n) is 3.40. The third-order valence-corrected chi connectivity index (χ3v) is 1.24. The molecule has 4 heteroatoms. The van der Waals surface area contributed by atoms with Crippen LogP contribution in [0.5, 0.6) is 0 Å². The van der Waals surface area contributed by atoms with Gasteiger partial charge < -0.3 is 10.1 Å². The SMILES string of the molecule is COC(=O)[C@@H](C)NCCC#N. The maximum Gasteiger partial charge on any atom is 0.322 e. The summed E-state index contributed by atoms with van der Waals surface area (Å²) >= 11 is 0. The maximum atomic E-state index is 10.7. The summed E-state index contributed by atoms with van der Waals surface area (Å²) in [5, 5.41) is 11.0. The van der Waals surface area contributed by atoms with Gasteiger partial charge in [0.2, 0.25) is 0 Å². The zero-order valence-corrected chi connectivity index (χ0v) is 6.76. The van der Waals surface area contributed by atoms with Gasteiger partial charge in [0.15, 0.2) is 0 Å². The Morgan fingerprint density at radius 1 is 1.82 bits per heavy atom. The second kappa shape index (κ2) is 5.69. The molecule has 0 bridgehead atoms. The minimum absolute atomic E-state index is 0.303. The van der Waals surface area contributed by atoms with Crippen LogP contribution in [0.25, 0.3) is 0 Å². The Morgan fingerprint density at radius 2 is 2.45 bits per heavy atom. The molecule has 62 valence electrons. The first-order chi connectivity index (χ1) is 5.22. The number of rotatable bonds is 4. The molecule has 0 aliphatic rings. The van der Waals surface area contributed by atoms with E-state index < -0.39 is 0 Å². The highest BCUT2D eigenvalue weighted by Crippen LogP contribution is 1.85. The van der Waals surface area contributed by atoms with Crippen molar-refractivity contribution in [1.29, 1.82) is 5.26 Å². The van der Waals surface area contributed by atoms with Gasteiger partial charge >= 0.3 is 5.97 Å². The number of nitrogens with one attached hydrogen (secondary N) is 1. The molecule has 0 unspecified atom stereocenters. The van der Waals surface area contributed by atoms with Gasteiger partial charge in [0.1, 0.15) is 6.04 Å². The number of hydrogen-bond acceptors (Lipinski definition) is 4. The first kappa shape index (κ1) is 9.92. The molecular weight excluding hydrogens is 144 g/mol. The number of hydrogen-bond donors (Lipinski definition) is 1. The fraction of sp³-hybridized carbons (Fsp3) is 0.714. The van der Waals surface area contributed by atoms with Gasteiger partial charge in [0.05, 0.1) is 13.2 Å². The van der Waals surface area contributed by atoms with Crippen LogP contribution in [0.1, 0.15) is 13.3 Å². The van der Waals surface area contributed by atoms with Crippen LogP contribution in [0.4, 0.5) is 0 Å². The average molecular weight is 156 g/mol. The normalized spacial score (nSPS) is 11.7. The van der Waals surface area contributed by atoms with E-state index in [4.69, 9.17) is 5.26 Å². The highest BCUT2D eigenvalue weighted by molar-refractivity contribution is 5.74. The molecule has 0 aromatic rings.